The molecule has 2 aromatic rings. The molecular formula is C22H25NO6. The van der Waals surface area contributed by atoms with E-state index in [0.29, 0.717) is 36.1 Å². The van der Waals surface area contributed by atoms with E-state index in [0.717, 1.165) is 16.7 Å². The molecule has 0 spiro atoms. The fourth-order valence-corrected chi connectivity index (χ4v) is 3.18. The highest BCUT2D eigenvalue weighted by atomic mass is 16.6. The van der Waals surface area contributed by atoms with Gasteiger partial charge >= 0.3 is 5.97 Å². The average Bonchev–Trinajstić information content (AvgIpc) is 2.67. The summed E-state index contributed by atoms with van der Waals surface area (Å²) < 4.78 is 21.7. The first-order chi connectivity index (χ1) is 13.8. The number of aryl methyl sites for hydroxylation is 3. The number of anilines is 1. The number of amides is 1. The van der Waals surface area contributed by atoms with E-state index in [1.54, 1.807) is 18.2 Å². The molecule has 0 radical (unpaired) electrons. The zero-order valence-corrected chi connectivity index (χ0v) is 17.0. The van der Waals surface area contributed by atoms with Crippen LogP contribution in [0.2, 0.25) is 0 Å². The van der Waals surface area contributed by atoms with Gasteiger partial charge in [0, 0.05) is 11.8 Å². The molecule has 1 aliphatic rings. The third kappa shape index (κ3) is 5.19. The highest BCUT2D eigenvalue weighted by Gasteiger charge is 2.20. The van der Waals surface area contributed by atoms with Crippen LogP contribution in [0.3, 0.4) is 0 Å². The highest BCUT2D eigenvalue weighted by molar-refractivity contribution is 5.95. The van der Waals surface area contributed by atoms with Gasteiger partial charge in [0.25, 0.3) is 5.91 Å². The summed E-state index contributed by atoms with van der Waals surface area (Å²) in [6.07, 6.45) is -0.973. The van der Waals surface area contributed by atoms with Gasteiger partial charge in [-0.1, -0.05) is 17.7 Å². The summed E-state index contributed by atoms with van der Waals surface area (Å²) in [4.78, 5) is 24.4. The van der Waals surface area contributed by atoms with Gasteiger partial charge in [-0.05, 0) is 51.0 Å². The van der Waals surface area contributed by atoms with Crippen molar-refractivity contribution in [3.63, 3.8) is 0 Å². The Bertz CT molecular complexity index is 901. The number of hydrogen-bond acceptors (Lipinski definition) is 6. The SMILES string of the molecule is Cc1cc(C)c(OCC(=O)O[C@@H](C)C(=O)Nc2ccc3c(c2)OCCO3)c(C)c1. The summed E-state index contributed by atoms with van der Waals surface area (Å²) >= 11 is 0. The van der Waals surface area contributed by atoms with E-state index in [1.807, 2.05) is 32.9 Å². The van der Waals surface area contributed by atoms with Gasteiger partial charge < -0.3 is 24.3 Å². The Morgan fingerprint density at radius 1 is 1.03 bits per heavy atom. The number of nitrogens with one attached hydrogen (secondary N) is 1. The van der Waals surface area contributed by atoms with Gasteiger partial charge in [-0.3, -0.25) is 4.79 Å². The zero-order chi connectivity index (χ0) is 21.0. The third-order valence-electron chi connectivity index (χ3n) is 4.43. The van der Waals surface area contributed by atoms with Crippen LogP contribution in [0.25, 0.3) is 0 Å². The Morgan fingerprint density at radius 3 is 2.38 bits per heavy atom. The lowest BCUT2D eigenvalue weighted by Crippen LogP contribution is -2.31. The van der Waals surface area contributed by atoms with Crippen LogP contribution in [-0.2, 0) is 14.3 Å². The van der Waals surface area contributed by atoms with Crippen molar-refractivity contribution in [2.45, 2.75) is 33.8 Å². The fraction of sp³-hybridized carbons (Fsp3) is 0.364. The largest absolute Gasteiger partial charge is 0.486 e. The Hall–Kier alpha value is -3.22. The topological polar surface area (TPSA) is 83.1 Å². The number of ether oxygens (including phenoxy) is 4. The molecular weight excluding hydrogens is 374 g/mol. The van der Waals surface area contributed by atoms with E-state index < -0.39 is 18.0 Å². The van der Waals surface area contributed by atoms with Crippen LogP contribution < -0.4 is 19.5 Å². The van der Waals surface area contributed by atoms with Crippen molar-refractivity contribution in [3.8, 4) is 17.2 Å². The molecule has 0 bridgehead atoms. The summed E-state index contributed by atoms with van der Waals surface area (Å²) in [5.41, 5.74) is 3.54. The van der Waals surface area contributed by atoms with E-state index in [-0.39, 0.29) is 6.61 Å². The van der Waals surface area contributed by atoms with Crippen LogP contribution in [0.15, 0.2) is 30.3 Å². The molecule has 1 amide bonds. The summed E-state index contributed by atoms with van der Waals surface area (Å²) in [6, 6.07) is 9.06. The quantitative estimate of drug-likeness (QED) is 0.751. The van der Waals surface area contributed by atoms with Gasteiger partial charge in [0.05, 0.1) is 0 Å². The molecule has 0 aromatic heterocycles. The first kappa shape index (κ1) is 20.5. The first-order valence-electron chi connectivity index (χ1n) is 9.44. The third-order valence-corrected chi connectivity index (χ3v) is 4.43. The van der Waals surface area contributed by atoms with Crippen LogP contribution in [0.1, 0.15) is 23.6 Å². The van der Waals surface area contributed by atoms with Crippen molar-refractivity contribution in [3.05, 3.63) is 47.0 Å². The molecule has 2 aromatic carbocycles. The second kappa shape index (κ2) is 8.86. The lowest BCUT2D eigenvalue weighted by atomic mass is 10.1. The highest BCUT2D eigenvalue weighted by Crippen LogP contribution is 2.32. The van der Waals surface area contributed by atoms with Crippen LogP contribution in [-0.4, -0.2) is 37.8 Å². The smallest absolute Gasteiger partial charge is 0.344 e. The number of carbonyl (C=O) groups is 2. The van der Waals surface area contributed by atoms with Gasteiger partial charge in [0.15, 0.2) is 24.2 Å². The maximum atomic E-state index is 12.3. The second-order valence-electron chi connectivity index (χ2n) is 7.00. The average molecular weight is 399 g/mol. The Morgan fingerprint density at radius 2 is 1.69 bits per heavy atom. The van der Waals surface area contributed by atoms with E-state index in [9.17, 15) is 9.59 Å². The zero-order valence-electron chi connectivity index (χ0n) is 17.0. The molecule has 7 nitrogen and oxygen atoms in total. The number of fused-ring (bicyclic) bond motifs is 1. The number of carbonyl (C=O) groups excluding carboxylic acids is 2. The molecule has 1 aliphatic heterocycles. The molecule has 154 valence electrons. The number of hydrogen-bond donors (Lipinski definition) is 1. The maximum absolute atomic E-state index is 12.3. The van der Waals surface area contributed by atoms with Crippen molar-refractivity contribution in [2.24, 2.45) is 0 Å². The minimum atomic E-state index is -0.973. The summed E-state index contributed by atoms with van der Waals surface area (Å²) in [5.74, 6) is 0.788. The van der Waals surface area contributed by atoms with E-state index in [1.165, 1.54) is 6.92 Å². The van der Waals surface area contributed by atoms with E-state index in [2.05, 4.69) is 5.32 Å². The van der Waals surface area contributed by atoms with Crippen molar-refractivity contribution in [1.82, 2.24) is 0 Å². The molecule has 0 saturated carbocycles. The summed E-state index contributed by atoms with van der Waals surface area (Å²) in [5, 5.41) is 2.70. The van der Waals surface area contributed by atoms with E-state index in [4.69, 9.17) is 18.9 Å². The van der Waals surface area contributed by atoms with Crippen LogP contribution in [0, 0.1) is 20.8 Å². The Kier molecular flexibility index (Phi) is 6.26. The first-order valence-corrected chi connectivity index (χ1v) is 9.44. The molecule has 1 heterocycles. The molecule has 7 heteroatoms. The predicted octanol–water partition coefficient (Wildman–Crippen LogP) is 3.33. The number of rotatable bonds is 6. The lowest BCUT2D eigenvalue weighted by molar-refractivity contribution is -0.155. The molecule has 0 fully saturated rings. The minimum Gasteiger partial charge on any atom is -0.486 e. The van der Waals surface area contributed by atoms with Crippen molar-refractivity contribution >= 4 is 17.6 Å². The van der Waals surface area contributed by atoms with Gasteiger partial charge in [0.1, 0.15) is 19.0 Å². The van der Waals surface area contributed by atoms with Crippen molar-refractivity contribution in [2.75, 3.05) is 25.1 Å². The minimum absolute atomic E-state index is 0.271. The predicted molar refractivity (Wildman–Crippen MR) is 108 cm³/mol. The number of benzene rings is 2. The number of esters is 1. The van der Waals surface area contributed by atoms with Gasteiger partial charge in [-0.15, -0.1) is 0 Å². The molecule has 3 rings (SSSR count). The summed E-state index contributed by atoms with van der Waals surface area (Å²) in [6.45, 7) is 8.03. The Labute approximate surface area is 169 Å². The van der Waals surface area contributed by atoms with Crippen molar-refractivity contribution < 1.29 is 28.5 Å². The van der Waals surface area contributed by atoms with E-state index >= 15 is 0 Å². The second-order valence-corrected chi connectivity index (χ2v) is 7.00. The fourth-order valence-electron chi connectivity index (χ4n) is 3.18. The van der Waals surface area contributed by atoms with Crippen LogP contribution >= 0.6 is 0 Å². The molecule has 1 atom stereocenters. The standard InChI is InChI=1S/C22H25NO6/c1-13-9-14(2)21(15(3)10-13)28-12-20(24)29-16(4)22(25)23-17-5-6-18-19(11-17)27-8-7-26-18/h5-6,9-11,16H,7-8,12H2,1-4H3,(H,23,25)/t16-/m0/s1. The van der Waals surface area contributed by atoms with Crippen LogP contribution in [0.4, 0.5) is 5.69 Å². The maximum Gasteiger partial charge on any atom is 0.344 e. The van der Waals surface area contributed by atoms with Gasteiger partial charge in [-0.2, -0.15) is 0 Å². The lowest BCUT2D eigenvalue weighted by Gasteiger charge is -2.19. The monoisotopic (exact) mass is 399 g/mol. The summed E-state index contributed by atoms with van der Waals surface area (Å²) in [7, 11) is 0. The molecule has 0 aliphatic carbocycles. The van der Waals surface area contributed by atoms with Crippen molar-refractivity contribution in [1.29, 1.82) is 0 Å². The Balaban J connectivity index is 1.52. The molecule has 0 unspecified atom stereocenters. The molecule has 0 saturated heterocycles. The van der Waals surface area contributed by atoms with Gasteiger partial charge in [-0.25, -0.2) is 4.79 Å². The van der Waals surface area contributed by atoms with Crippen LogP contribution in [0.5, 0.6) is 17.2 Å². The molecule has 29 heavy (non-hydrogen) atoms. The van der Waals surface area contributed by atoms with Gasteiger partial charge in [0.2, 0.25) is 0 Å². The molecule has 1 N–H and O–H groups in total. The normalized spacial score (nSPS) is 13.4.